The lowest BCUT2D eigenvalue weighted by Crippen LogP contribution is -2.83. The van der Waals surface area contributed by atoms with Crippen molar-refractivity contribution in [2.75, 3.05) is 67.1 Å². The Hall–Kier alpha value is -3.54. The van der Waals surface area contributed by atoms with Gasteiger partial charge >= 0.3 is 0 Å². The van der Waals surface area contributed by atoms with Crippen LogP contribution in [0.15, 0.2) is 36.4 Å². The number of rotatable bonds is 21. The molecule has 0 saturated carbocycles. The summed E-state index contributed by atoms with van der Waals surface area (Å²) in [5, 5.41) is 0. The molecule has 3 rings (SSSR count). The number of Topliss-reactive ketones (excluding diaryl/α,β-unsaturated/α-hetero) is 1. The number of fused-ring (bicyclic) bond motifs is 1. The van der Waals surface area contributed by atoms with E-state index in [2.05, 4.69) is 0 Å². The van der Waals surface area contributed by atoms with Crippen molar-refractivity contribution in [1.82, 2.24) is 0 Å². The molecule has 0 aliphatic carbocycles. The normalized spacial score (nSPS) is 20.9. The van der Waals surface area contributed by atoms with Crippen molar-refractivity contribution >= 4 is 5.78 Å². The third-order valence-electron chi connectivity index (χ3n) is 10.3. The molecule has 2 aromatic rings. The fraction of sp³-hybridized carbons (Fsp3) is 0.639. The highest BCUT2D eigenvalue weighted by Gasteiger charge is 2.86. The maximum atomic E-state index is 16.4. The molecule has 0 amide bonds. The van der Waals surface area contributed by atoms with Crippen molar-refractivity contribution in [1.29, 1.82) is 0 Å². The number of halogens is 15. The van der Waals surface area contributed by atoms with Crippen molar-refractivity contribution in [2.24, 2.45) is 0 Å². The molecule has 55 heavy (non-hydrogen) atoms. The fourth-order valence-corrected chi connectivity index (χ4v) is 6.50. The van der Waals surface area contributed by atoms with Gasteiger partial charge in [0.2, 0.25) is 39.7 Å². The van der Waals surface area contributed by atoms with Crippen LogP contribution in [-0.4, -0.2) is 118 Å². The summed E-state index contributed by atoms with van der Waals surface area (Å²) in [7, 11) is 0.970. The summed E-state index contributed by atoms with van der Waals surface area (Å²) < 4.78 is 240. The van der Waals surface area contributed by atoms with E-state index in [-0.39, 0.29) is 17.5 Å². The minimum atomic E-state index is -6.42. The Morgan fingerprint density at radius 2 is 1.15 bits per heavy atom. The van der Waals surface area contributed by atoms with Crippen LogP contribution in [0.5, 0.6) is 17.2 Å². The van der Waals surface area contributed by atoms with E-state index in [9.17, 15) is 44.3 Å². The van der Waals surface area contributed by atoms with Gasteiger partial charge in [0.1, 0.15) is 71.4 Å². The molecule has 4 nitrogen and oxygen atoms in total. The van der Waals surface area contributed by atoms with Gasteiger partial charge in [-0.05, 0) is 68.1 Å². The highest BCUT2D eigenvalue weighted by atomic mass is 19.2. The first kappa shape index (κ1) is 45.8. The maximum absolute atomic E-state index is 16.4. The SMILES string of the molecule is COc1cc(CC(=O)c2ccc3c(c2)CCC(C)(C)O3)ccc1OCC(F)(CF)C(F)(CF)C(F)(CF)C(F)(CF)C(F)(CF)C(F)(CF)C(F)(CF)CF. The Balaban J connectivity index is 2.00. The molecule has 1 heterocycles. The molecule has 0 radical (unpaired) electrons. The van der Waals surface area contributed by atoms with Crippen molar-refractivity contribution < 1.29 is 84.9 Å². The van der Waals surface area contributed by atoms with Crippen LogP contribution in [0.3, 0.4) is 0 Å². The average Bonchev–Trinajstić information content (AvgIpc) is 3.19. The monoisotopic (exact) mass is 820 g/mol. The van der Waals surface area contributed by atoms with Crippen molar-refractivity contribution in [3.8, 4) is 17.2 Å². The maximum Gasteiger partial charge on any atom is 0.218 e. The van der Waals surface area contributed by atoms with Gasteiger partial charge < -0.3 is 14.2 Å². The second-order valence-corrected chi connectivity index (χ2v) is 14.1. The van der Waals surface area contributed by atoms with Gasteiger partial charge in [0.25, 0.3) is 0 Å². The average molecular weight is 821 g/mol. The molecule has 1 aliphatic rings. The van der Waals surface area contributed by atoms with E-state index in [0.29, 0.717) is 18.6 Å². The van der Waals surface area contributed by atoms with Crippen LogP contribution in [0.2, 0.25) is 0 Å². The Morgan fingerprint density at radius 3 is 1.62 bits per heavy atom. The largest absolute Gasteiger partial charge is 0.493 e. The number of hydrogen-bond acceptors (Lipinski definition) is 4. The van der Waals surface area contributed by atoms with E-state index < -0.39 is 123 Å². The molecule has 2 aromatic carbocycles. The van der Waals surface area contributed by atoms with E-state index >= 15 is 26.3 Å². The molecule has 19 heteroatoms. The summed E-state index contributed by atoms with van der Waals surface area (Å²) in [6.45, 7) is -26.2. The number of alkyl halides is 15. The Morgan fingerprint density at radius 1 is 0.655 bits per heavy atom. The topological polar surface area (TPSA) is 44.8 Å². The predicted octanol–water partition coefficient (Wildman–Crippen LogP) is 9.32. The van der Waals surface area contributed by atoms with Gasteiger partial charge in [0.15, 0.2) is 17.3 Å². The van der Waals surface area contributed by atoms with Crippen LogP contribution < -0.4 is 14.2 Å². The van der Waals surface area contributed by atoms with E-state index in [1.165, 1.54) is 6.07 Å². The van der Waals surface area contributed by atoms with Gasteiger partial charge in [-0.25, -0.2) is 65.9 Å². The van der Waals surface area contributed by atoms with Crippen LogP contribution in [0, 0.1) is 0 Å². The van der Waals surface area contributed by atoms with Gasteiger partial charge in [0, 0.05) is 12.0 Å². The molecule has 0 N–H and O–H groups in total. The van der Waals surface area contributed by atoms with Crippen molar-refractivity contribution in [3.63, 3.8) is 0 Å². The molecule has 0 bridgehead atoms. The van der Waals surface area contributed by atoms with E-state index in [1.54, 1.807) is 12.1 Å². The number of carbonyl (C=O) groups is 1. The minimum absolute atomic E-state index is 0.189. The molecule has 0 saturated heterocycles. The van der Waals surface area contributed by atoms with Crippen molar-refractivity contribution in [3.05, 3.63) is 53.1 Å². The first-order valence-corrected chi connectivity index (χ1v) is 16.5. The Kier molecular flexibility index (Phi) is 13.8. The third-order valence-corrected chi connectivity index (χ3v) is 10.3. The second-order valence-electron chi connectivity index (χ2n) is 14.1. The smallest absolute Gasteiger partial charge is 0.218 e. The van der Waals surface area contributed by atoms with Gasteiger partial charge in [0.05, 0.1) is 7.11 Å². The fourth-order valence-electron chi connectivity index (χ4n) is 6.50. The molecule has 6 unspecified atom stereocenters. The molecule has 6 atom stereocenters. The summed E-state index contributed by atoms with van der Waals surface area (Å²) in [5.74, 6) is -0.997. The predicted molar refractivity (Wildman–Crippen MR) is 171 cm³/mol. The summed E-state index contributed by atoms with van der Waals surface area (Å²) in [6, 6.07) is 7.89. The molecule has 0 spiro atoms. The molecule has 0 fully saturated rings. The highest BCUT2D eigenvalue weighted by molar-refractivity contribution is 5.98. The molecular formula is C36H39F15O4. The zero-order valence-corrected chi connectivity index (χ0v) is 29.8. The van der Waals surface area contributed by atoms with Gasteiger partial charge in [-0.15, -0.1) is 0 Å². The first-order valence-electron chi connectivity index (χ1n) is 16.5. The van der Waals surface area contributed by atoms with Gasteiger partial charge in [-0.3, -0.25) is 4.79 Å². The zero-order chi connectivity index (χ0) is 41.9. The Labute approximate surface area is 306 Å². The number of carbonyl (C=O) groups excluding carboxylic acids is 1. The summed E-state index contributed by atoms with van der Waals surface area (Å²) in [6.07, 6.45) is 0.979. The second kappa shape index (κ2) is 16.5. The minimum Gasteiger partial charge on any atom is -0.493 e. The standard InChI is InChI=1S/C36H39F15O4/c1-29(2)9-8-24-12-23(5-7-26(24)55-29)25(52)10-22-4-6-27(28(11-22)53-3)54-21-31(46,15-39)33(48,17-41)35(50,19-43)36(51,20-44)34(49,18-42)32(47,16-40)30(45,13-37)14-38/h4-7,11-12H,8-10,13-21H2,1-3H3. The van der Waals surface area contributed by atoms with E-state index in [4.69, 9.17) is 14.2 Å². The molecule has 312 valence electrons. The first-order chi connectivity index (χ1) is 25.5. The summed E-state index contributed by atoms with van der Waals surface area (Å²) in [5.41, 5.74) is -40.6. The lowest BCUT2D eigenvalue weighted by molar-refractivity contribution is -0.296. The number of aryl methyl sites for hydroxylation is 1. The van der Waals surface area contributed by atoms with Crippen LogP contribution in [0.4, 0.5) is 65.9 Å². The quantitative estimate of drug-likeness (QED) is 0.0931. The van der Waals surface area contributed by atoms with Gasteiger partial charge in [-0.1, -0.05) is 6.07 Å². The number of hydrogen-bond donors (Lipinski definition) is 0. The van der Waals surface area contributed by atoms with E-state index in [1.807, 2.05) is 13.8 Å². The summed E-state index contributed by atoms with van der Waals surface area (Å²) in [4.78, 5) is 13.1. The number of methoxy groups -OCH3 is 1. The molecule has 1 aliphatic heterocycles. The summed E-state index contributed by atoms with van der Waals surface area (Å²) >= 11 is 0. The van der Waals surface area contributed by atoms with Gasteiger partial charge in [-0.2, -0.15) is 0 Å². The number of ketones is 1. The number of benzene rings is 2. The number of ether oxygens (including phenoxy) is 3. The van der Waals surface area contributed by atoms with Crippen LogP contribution in [0.1, 0.15) is 41.8 Å². The van der Waals surface area contributed by atoms with Crippen LogP contribution >= 0.6 is 0 Å². The van der Waals surface area contributed by atoms with Crippen LogP contribution in [-0.2, 0) is 12.8 Å². The van der Waals surface area contributed by atoms with E-state index in [0.717, 1.165) is 30.9 Å². The molecule has 0 aromatic heterocycles. The highest BCUT2D eigenvalue weighted by Crippen LogP contribution is 2.60. The molecular weight excluding hydrogens is 781 g/mol. The van der Waals surface area contributed by atoms with Crippen LogP contribution in [0.25, 0.3) is 0 Å². The Bertz CT molecular complexity index is 1650. The van der Waals surface area contributed by atoms with Crippen molar-refractivity contribution in [2.45, 2.75) is 78.4 Å². The zero-order valence-electron chi connectivity index (χ0n) is 29.8. The lowest BCUT2D eigenvalue weighted by Gasteiger charge is -2.55. The third kappa shape index (κ3) is 7.29. The lowest BCUT2D eigenvalue weighted by atomic mass is 9.59.